The van der Waals surface area contributed by atoms with Crippen molar-refractivity contribution in [2.24, 2.45) is 5.73 Å². The van der Waals surface area contributed by atoms with E-state index in [1.165, 1.54) is 11.1 Å². The molecule has 0 radical (unpaired) electrons. The van der Waals surface area contributed by atoms with Gasteiger partial charge in [0.15, 0.2) is 0 Å². The van der Waals surface area contributed by atoms with Crippen LogP contribution in [0.1, 0.15) is 30.5 Å². The molecule has 0 saturated carbocycles. The first-order chi connectivity index (χ1) is 9.11. The van der Waals surface area contributed by atoms with E-state index in [1.54, 1.807) is 0 Å². The predicted molar refractivity (Wildman–Crippen MR) is 79.8 cm³/mol. The molecule has 0 amide bonds. The second-order valence-corrected chi connectivity index (χ2v) is 6.04. The molecule has 1 aromatic carbocycles. The first-order valence-electron chi connectivity index (χ1n) is 6.69. The molecule has 2 aliphatic heterocycles. The summed E-state index contributed by atoms with van der Waals surface area (Å²) in [5, 5.41) is 0. The molecule has 19 heavy (non-hydrogen) atoms. The summed E-state index contributed by atoms with van der Waals surface area (Å²) in [5.74, 6) is 1.99. The van der Waals surface area contributed by atoms with E-state index >= 15 is 0 Å². The Labute approximate surface area is 121 Å². The first kappa shape index (κ1) is 13.0. The van der Waals surface area contributed by atoms with Crippen LogP contribution in [0.3, 0.4) is 0 Å². The van der Waals surface area contributed by atoms with Gasteiger partial charge in [-0.15, -0.1) is 0 Å². The summed E-state index contributed by atoms with van der Waals surface area (Å²) in [6.45, 7) is 4.72. The van der Waals surface area contributed by atoms with E-state index in [0.717, 1.165) is 34.4 Å². The van der Waals surface area contributed by atoms with Crippen molar-refractivity contribution in [1.29, 1.82) is 0 Å². The van der Waals surface area contributed by atoms with Crippen molar-refractivity contribution in [3.8, 4) is 11.5 Å². The van der Waals surface area contributed by atoms with Crippen LogP contribution < -0.4 is 15.2 Å². The number of fused-ring (bicyclic) bond motifs is 2. The number of hydrogen-bond acceptors (Lipinski definition) is 3. The van der Waals surface area contributed by atoms with Crippen LogP contribution in [-0.2, 0) is 12.8 Å². The van der Waals surface area contributed by atoms with Gasteiger partial charge in [-0.3, -0.25) is 0 Å². The number of halogens is 1. The fraction of sp³-hybridized carbons (Fsp3) is 0.467. The van der Waals surface area contributed by atoms with E-state index in [-0.39, 0.29) is 12.2 Å². The van der Waals surface area contributed by atoms with Crippen LogP contribution in [0.25, 0.3) is 6.08 Å². The Hall–Kier alpha value is -1.00. The van der Waals surface area contributed by atoms with Crippen LogP contribution in [0.15, 0.2) is 10.5 Å². The molecule has 2 heterocycles. The lowest BCUT2D eigenvalue weighted by Crippen LogP contribution is -2.07. The van der Waals surface area contributed by atoms with Crippen molar-refractivity contribution in [2.45, 2.75) is 38.9 Å². The van der Waals surface area contributed by atoms with Gasteiger partial charge in [-0.05, 0) is 29.8 Å². The number of ether oxygens (including phenoxy) is 2. The third-order valence-corrected chi connectivity index (χ3v) is 4.46. The lowest BCUT2D eigenvalue weighted by Gasteiger charge is -2.12. The van der Waals surface area contributed by atoms with Crippen LogP contribution in [0, 0.1) is 0 Å². The number of benzene rings is 1. The van der Waals surface area contributed by atoms with Gasteiger partial charge < -0.3 is 15.2 Å². The van der Waals surface area contributed by atoms with Gasteiger partial charge in [0.1, 0.15) is 23.7 Å². The van der Waals surface area contributed by atoms with Gasteiger partial charge in [0, 0.05) is 36.1 Å². The monoisotopic (exact) mass is 323 g/mol. The highest BCUT2D eigenvalue weighted by atomic mass is 79.9. The van der Waals surface area contributed by atoms with Crippen LogP contribution in [-0.4, -0.2) is 18.8 Å². The Kier molecular flexibility index (Phi) is 3.31. The smallest absolute Gasteiger partial charge is 0.138 e. The van der Waals surface area contributed by atoms with Gasteiger partial charge >= 0.3 is 0 Å². The third kappa shape index (κ3) is 2.07. The van der Waals surface area contributed by atoms with E-state index in [0.29, 0.717) is 6.54 Å². The molecule has 2 N–H and O–H groups in total. The summed E-state index contributed by atoms with van der Waals surface area (Å²) < 4.78 is 13.0. The molecule has 2 aliphatic rings. The van der Waals surface area contributed by atoms with Crippen LogP contribution in [0.2, 0.25) is 0 Å². The highest BCUT2D eigenvalue weighted by Gasteiger charge is 2.33. The number of rotatable bonds is 2. The molecule has 0 fully saturated rings. The molecule has 2 unspecified atom stereocenters. The highest BCUT2D eigenvalue weighted by Crippen LogP contribution is 2.49. The molecule has 0 aliphatic carbocycles. The molecule has 2 atom stereocenters. The second kappa shape index (κ2) is 4.84. The molecule has 3 rings (SSSR count). The minimum atomic E-state index is 0.219. The highest BCUT2D eigenvalue weighted by molar-refractivity contribution is 9.10. The summed E-state index contributed by atoms with van der Waals surface area (Å²) in [4.78, 5) is 0. The molecule has 3 nitrogen and oxygen atoms in total. The molecule has 1 aromatic rings. The van der Waals surface area contributed by atoms with Crippen molar-refractivity contribution in [1.82, 2.24) is 0 Å². The van der Waals surface area contributed by atoms with Gasteiger partial charge in [0.25, 0.3) is 0 Å². The zero-order chi connectivity index (χ0) is 13.6. The maximum atomic E-state index is 6.00. The molecular formula is C15H18BrNO2. The predicted octanol–water partition coefficient (Wildman–Crippen LogP) is 3.07. The fourth-order valence-electron chi connectivity index (χ4n) is 2.86. The molecule has 102 valence electrons. The lowest BCUT2D eigenvalue weighted by atomic mass is 9.97. The zero-order valence-electron chi connectivity index (χ0n) is 11.2. The summed E-state index contributed by atoms with van der Waals surface area (Å²) >= 11 is 3.69. The van der Waals surface area contributed by atoms with Gasteiger partial charge in [-0.1, -0.05) is 12.2 Å². The molecule has 0 bridgehead atoms. The average molecular weight is 324 g/mol. The summed E-state index contributed by atoms with van der Waals surface area (Å²) in [6, 6.07) is 0. The topological polar surface area (TPSA) is 44.5 Å². The fourth-order valence-corrected chi connectivity index (χ4v) is 3.53. The molecule has 4 heteroatoms. The SMILES string of the molecule is CC1Cc2c(/C=C/CN)c3c(c(Br)c2O1)CC(C)O3. The van der Waals surface area contributed by atoms with E-state index in [4.69, 9.17) is 15.2 Å². The standard InChI is InChI=1S/C15H18BrNO2/c1-8-6-11-10(4-3-5-17)14-12(7-9(2)18-14)13(16)15(11)19-8/h3-4,8-9H,5-7,17H2,1-2H3/b4-3+. The Morgan fingerprint density at radius 1 is 1.16 bits per heavy atom. The third-order valence-electron chi connectivity index (χ3n) is 3.62. The summed E-state index contributed by atoms with van der Waals surface area (Å²) in [7, 11) is 0. The number of hydrogen-bond donors (Lipinski definition) is 1. The molecule has 0 spiro atoms. The van der Waals surface area contributed by atoms with Gasteiger partial charge in [0.2, 0.25) is 0 Å². The van der Waals surface area contributed by atoms with Crippen LogP contribution in [0.4, 0.5) is 0 Å². The maximum absolute atomic E-state index is 6.00. The van der Waals surface area contributed by atoms with Gasteiger partial charge in [-0.2, -0.15) is 0 Å². The van der Waals surface area contributed by atoms with E-state index < -0.39 is 0 Å². The Bertz CT molecular complexity index is 515. The Morgan fingerprint density at radius 3 is 2.47 bits per heavy atom. The molecule has 0 aromatic heterocycles. The van der Waals surface area contributed by atoms with Gasteiger partial charge in [-0.25, -0.2) is 0 Å². The summed E-state index contributed by atoms with van der Waals surface area (Å²) in [6.07, 6.45) is 6.32. The largest absolute Gasteiger partial charge is 0.489 e. The summed E-state index contributed by atoms with van der Waals surface area (Å²) in [5.41, 5.74) is 9.18. The van der Waals surface area contributed by atoms with Crippen molar-refractivity contribution in [3.63, 3.8) is 0 Å². The minimum Gasteiger partial charge on any atom is -0.489 e. The first-order valence-corrected chi connectivity index (χ1v) is 7.48. The maximum Gasteiger partial charge on any atom is 0.138 e. The Morgan fingerprint density at radius 2 is 1.79 bits per heavy atom. The number of nitrogens with two attached hydrogens (primary N) is 1. The second-order valence-electron chi connectivity index (χ2n) is 5.25. The van der Waals surface area contributed by atoms with Crippen LogP contribution in [0.5, 0.6) is 11.5 Å². The van der Waals surface area contributed by atoms with Crippen molar-refractivity contribution < 1.29 is 9.47 Å². The van der Waals surface area contributed by atoms with Crippen molar-refractivity contribution >= 4 is 22.0 Å². The lowest BCUT2D eigenvalue weighted by molar-refractivity contribution is 0.252. The minimum absolute atomic E-state index is 0.219. The van der Waals surface area contributed by atoms with Gasteiger partial charge in [0.05, 0.1) is 4.47 Å². The normalized spacial score (nSPS) is 24.2. The molecular weight excluding hydrogens is 306 g/mol. The van der Waals surface area contributed by atoms with E-state index in [2.05, 4.69) is 35.9 Å². The van der Waals surface area contributed by atoms with Crippen molar-refractivity contribution in [2.75, 3.05) is 6.54 Å². The van der Waals surface area contributed by atoms with Crippen LogP contribution >= 0.6 is 15.9 Å². The molecule has 0 saturated heterocycles. The quantitative estimate of drug-likeness (QED) is 0.909. The average Bonchev–Trinajstić information content (AvgIpc) is 2.93. The van der Waals surface area contributed by atoms with E-state index in [1.807, 2.05) is 6.08 Å². The van der Waals surface area contributed by atoms with E-state index in [9.17, 15) is 0 Å². The van der Waals surface area contributed by atoms with Crippen molar-refractivity contribution in [3.05, 3.63) is 27.2 Å². The zero-order valence-corrected chi connectivity index (χ0v) is 12.8. The Balaban J connectivity index is 2.20.